The summed E-state index contributed by atoms with van der Waals surface area (Å²) in [6.45, 7) is 1.51. The molecule has 1 fully saturated rings. The highest BCUT2D eigenvalue weighted by atomic mass is 35.5. The smallest absolute Gasteiger partial charge is 0.284 e. The molecule has 3 rings (SSSR count). The first-order chi connectivity index (χ1) is 13.7. The maximum Gasteiger partial charge on any atom is 0.284 e. The molecule has 0 bridgehead atoms. The number of rotatable bonds is 5. The predicted molar refractivity (Wildman–Crippen MR) is 105 cm³/mol. The molecule has 0 unspecified atom stereocenters. The lowest BCUT2D eigenvalue weighted by molar-refractivity contribution is -0.591. The molecule has 10 heteroatoms. The van der Waals surface area contributed by atoms with Crippen molar-refractivity contribution in [3.8, 4) is 0 Å². The molecule has 2 aromatic rings. The van der Waals surface area contributed by atoms with E-state index < -0.39 is 10.7 Å². The van der Waals surface area contributed by atoms with E-state index in [0.29, 0.717) is 36.0 Å². The molecule has 0 saturated heterocycles. The summed E-state index contributed by atoms with van der Waals surface area (Å²) in [7, 11) is 0. The van der Waals surface area contributed by atoms with E-state index in [1.165, 1.54) is 31.3 Å². The van der Waals surface area contributed by atoms with E-state index >= 15 is 0 Å². The molecule has 1 heterocycles. The van der Waals surface area contributed by atoms with Crippen LogP contribution < -0.4 is 15.4 Å². The van der Waals surface area contributed by atoms with Gasteiger partial charge in [0.2, 0.25) is 0 Å². The Morgan fingerprint density at radius 1 is 1.24 bits per heavy atom. The summed E-state index contributed by atoms with van der Waals surface area (Å²) in [4.78, 5) is 22.9. The van der Waals surface area contributed by atoms with Gasteiger partial charge >= 0.3 is 0 Å². The molecule has 0 radical (unpaired) electrons. The van der Waals surface area contributed by atoms with Crippen LogP contribution in [0.2, 0.25) is 5.02 Å². The molecule has 1 aliphatic carbocycles. The third-order valence-corrected chi connectivity index (χ3v) is 5.31. The van der Waals surface area contributed by atoms with Gasteiger partial charge in [0.25, 0.3) is 17.4 Å². The molecule has 29 heavy (non-hydrogen) atoms. The average Bonchev–Trinajstić information content (AvgIpc) is 2.67. The quantitative estimate of drug-likeness (QED) is 0.331. The van der Waals surface area contributed by atoms with Gasteiger partial charge in [0, 0.05) is 11.6 Å². The van der Waals surface area contributed by atoms with E-state index in [-0.39, 0.29) is 40.1 Å². The van der Waals surface area contributed by atoms with Crippen LogP contribution in [0.25, 0.3) is 0 Å². The van der Waals surface area contributed by atoms with Crippen molar-refractivity contribution >= 4 is 29.0 Å². The highest BCUT2D eigenvalue weighted by molar-refractivity contribution is 6.31. The Morgan fingerprint density at radius 3 is 2.52 bits per heavy atom. The molecule has 2 N–H and O–H groups in total. The zero-order valence-corrected chi connectivity index (χ0v) is 16.4. The van der Waals surface area contributed by atoms with E-state index in [0.717, 1.165) is 6.07 Å². The summed E-state index contributed by atoms with van der Waals surface area (Å²) in [6, 6.07) is 4.96. The van der Waals surface area contributed by atoms with Gasteiger partial charge in [-0.2, -0.15) is 0 Å². The average molecular weight is 423 g/mol. The third-order valence-electron chi connectivity index (χ3n) is 5.02. The number of aryl methyl sites for hydroxylation is 1. The van der Waals surface area contributed by atoms with Gasteiger partial charge in [-0.25, -0.2) is 9.12 Å². The number of carbonyl (C=O) groups excluding carboxylic acids is 1. The van der Waals surface area contributed by atoms with Gasteiger partial charge in [0.15, 0.2) is 0 Å². The number of halogens is 2. The van der Waals surface area contributed by atoms with E-state index in [1.807, 2.05) is 0 Å². The summed E-state index contributed by atoms with van der Waals surface area (Å²) >= 11 is 5.72. The van der Waals surface area contributed by atoms with Gasteiger partial charge in [0.05, 0.1) is 21.6 Å². The number of nitrogens with zero attached hydrogens (tertiary/aromatic N) is 2. The lowest BCUT2D eigenvalue weighted by Crippen LogP contribution is -2.41. The second kappa shape index (κ2) is 8.60. The number of amides is 1. The van der Waals surface area contributed by atoms with Crippen LogP contribution in [0.15, 0.2) is 30.5 Å². The van der Waals surface area contributed by atoms with Crippen molar-refractivity contribution in [2.45, 2.75) is 44.7 Å². The first-order valence-electron chi connectivity index (χ1n) is 9.15. The van der Waals surface area contributed by atoms with Gasteiger partial charge in [0.1, 0.15) is 18.1 Å². The molecule has 1 saturated carbocycles. The fourth-order valence-corrected chi connectivity index (χ4v) is 3.60. The molecule has 8 nitrogen and oxygen atoms in total. The van der Waals surface area contributed by atoms with Crippen molar-refractivity contribution < 1.29 is 18.8 Å². The lowest BCUT2D eigenvalue weighted by Gasteiger charge is -2.28. The molecule has 0 atom stereocenters. The molecule has 1 aliphatic rings. The van der Waals surface area contributed by atoms with Crippen LogP contribution in [-0.4, -0.2) is 22.9 Å². The number of pyridine rings is 1. The Hall–Kier alpha value is -2.94. The first kappa shape index (κ1) is 20.8. The molecule has 1 amide bonds. The minimum Gasteiger partial charge on any atom is -0.711 e. The van der Waals surface area contributed by atoms with Gasteiger partial charge in [-0.1, -0.05) is 11.6 Å². The molecule has 0 aliphatic heterocycles. The van der Waals surface area contributed by atoms with Gasteiger partial charge in [-0.15, -0.1) is 0 Å². The van der Waals surface area contributed by atoms with E-state index in [2.05, 4.69) is 10.6 Å². The van der Waals surface area contributed by atoms with Crippen LogP contribution in [0.4, 0.5) is 15.9 Å². The summed E-state index contributed by atoms with van der Waals surface area (Å²) in [6.07, 6.45) is 3.88. The fourth-order valence-electron chi connectivity index (χ4n) is 3.42. The maximum absolute atomic E-state index is 13.2. The summed E-state index contributed by atoms with van der Waals surface area (Å²) in [5.41, 5.74) is 0.470. The zero-order valence-electron chi connectivity index (χ0n) is 15.7. The van der Waals surface area contributed by atoms with Crippen LogP contribution >= 0.6 is 11.6 Å². The van der Waals surface area contributed by atoms with Crippen molar-refractivity contribution in [3.05, 3.63) is 67.8 Å². The Bertz CT molecular complexity index is 948. The summed E-state index contributed by atoms with van der Waals surface area (Å²) in [5.74, 6) is -0.771. The standard InChI is InChI=1S/C19H20ClFN4O4/c1-11-10-24(27)18(9-17(11)25(28)29)22-13-3-5-14(6-4-13)23-19(26)12-2-7-16(21)15(20)8-12/h2,7-10,13-14,22H,3-6H2,1H3,(H,23,26)/t13-,14+. The minimum atomic E-state index is -0.582. The maximum atomic E-state index is 13.2. The van der Waals surface area contributed by atoms with Crippen LogP contribution in [0.1, 0.15) is 41.6 Å². The Balaban J connectivity index is 1.57. The Kier molecular flexibility index (Phi) is 6.17. The van der Waals surface area contributed by atoms with Crippen LogP contribution in [0.3, 0.4) is 0 Å². The number of hydrogen-bond acceptors (Lipinski definition) is 5. The lowest BCUT2D eigenvalue weighted by atomic mass is 9.91. The van der Waals surface area contributed by atoms with E-state index in [1.54, 1.807) is 0 Å². The van der Waals surface area contributed by atoms with Crippen molar-refractivity contribution in [1.29, 1.82) is 0 Å². The SMILES string of the molecule is Cc1c[n+]([O-])c(N[C@H]2CC[C@@H](NC(=O)c3ccc(F)c(Cl)c3)CC2)cc1[N+](=O)[O-]. The molecule has 1 aromatic heterocycles. The second-order valence-corrected chi connectivity index (χ2v) is 7.51. The number of carbonyl (C=O) groups is 1. The molecule has 1 aromatic carbocycles. The van der Waals surface area contributed by atoms with Crippen molar-refractivity contribution in [2.75, 3.05) is 5.32 Å². The highest BCUT2D eigenvalue weighted by Crippen LogP contribution is 2.24. The molecular weight excluding hydrogens is 403 g/mol. The number of nitrogens with one attached hydrogen (secondary N) is 2. The highest BCUT2D eigenvalue weighted by Gasteiger charge is 2.27. The number of aromatic nitrogens is 1. The minimum absolute atomic E-state index is 0.0362. The summed E-state index contributed by atoms with van der Waals surface area (Å²) < 4.78 is 13.8. The Morgan fingerprint density at radius 2 is 1.90 bits per heavy atom. The van der Waals surface area contributed by atoms with Gasteiger partial charge < -0.3 is 10.5 Å². The van der Waals surface area contributed by atoms with Crippen molar-refractivity contribution in [3.63, 3.8) is 0 Å². The monoisotopic (exact) mass is 422 g/mol. The van der Waals surface area contributed by atoms with Crippen LogP contribution in [-0.2, 0) is 0 Å². The van der Waals surface area contributed by atoms with E-state index in [4.69, 9.17) is 11.6 Å². The molecular formula is C19H20ClFN4O4. The normalized spacial score (nSPS) is 18.9. The predicted octanol–water partition coefficient (Wildman–Crippen LogP) is 3.48. The van der Waals surface area contributed by atoms with Crippen molar-refractivity contribution in [2.24, 2.45) is 0 Å². The number of anilines is 1. The zero-order chi connectivity index (χ0) is 21.1. The molecule has 154 valence electrons. The van der Waals surface area contributed by atoms with Gasteiger partial charge in [-0.05, 0) is 50.8 Å². The third kappa shape index (κ3) is 4.92. The largest absolute Gasteiger partial charge is 0.711 e. The topological polar surface area (TPSA) is 111 Å². The number of nitro groups is 1. The van der Waals surface area contributed by atoms with E-state index in [9.17, 15) is 24.5 Å². The van der Waals surface area contributed by atoms with Crippen LogP contribution in [0, 0.1) is 28.1 Å². The van der Waals surface area contributed by atoms with Gasteiger partial charge in [-0.3, -0.25) is 20.2 Å². The fraction of sp³-hybridized carbons (Fsp3) is 0.368. The van der Waals surface area contributed by atoms with Crippen LogP contribution in [0.5, 0.6) is 0 Å². The van der Waals surface area contributed by atoms with Crippen molar-refractivity contribution in [1.82, 2.24) is 5.32 Å². The molecule has 0 spiro atoms. The second-order valence-electron chi connectivity index (χ2n) is 7.11. The Labute approximate surface area is 171 Å². The number of hydrogen-bond donors (Lipinski definition) is 2. The number of benzene rings is 1. The summed E-state index contributed by atoms with van der Waals surface area (Å²) in [5, 5.41) is 29.0. The first-order valence-corrected chi connectivity index (χ1v) is 9.53.